The molecule has 0 aliphatic heterocycles. The van der Waals surface area contributed by atoms with Crippen molar-refractivity contribution in [3.63, 3.8) is 0 Å². The van der Waals surface area contributed by atoms with Crippen LogP contribution in [0, 0.1) is 11.7 Å². The van der Waals surface area contributed by atoms with Gasteiger partial charge in [0.1, 0.15) is 22.7 Å². The Hall–Kier alpha value is -4.99. The summed E-state index contributed by atoms with van der Waals surface area (Å²) in [6, 6.07) is 12.1. The monoisotopic (exact) mass is 506 g/mol. The summed E-state index contributed by atoms with van der Waals surface area (Å²) in [4.78, 5) is 33.5. The molecule has 188 valence electrons. The van der Waals surface area contributed by atoms with Gasteiger partial charge in [0, 0.05) is 41.7 Å². The number of H-pyrrole nitrogens is 2. The van der Waals surface area contributed by atoms with Crippen molar-refractivity contribution in [2.24, 2.45) is 5.92 Å². The number of rotatable bonds is 6. The number of hydrogen-bond acceptors (Lipinski definition) is 6. The summed E-state index contributed by atoms with van der Waals surface area (Å²) in [5.74, 6) is 0.337. The second-order valence-electron chi connectivity index (χ2n) is 9.42. The Kier molecular flexibility index (Phi) is 5.83. The molecule has 38 heavy (non-hydrogen) atoms. The standard InChI is InChI=1S/C28H23FN8O/c1-15(2)9-23(38)33-18-10-16(12-30-14-18)17-11-20-25(36-37-27(20)32-13-17)28-34-22-7-8-31-24(26(22)35-28)19-5-3-4-6-21(19)29/h3-8,10-15H,9H2,1-2H3,(H,33,38)(H,34,35)(H,32,36,37). The molecule has 0 saturated carbocycles. The SMILES string of the molecule is CC(C)CC(=O)Nc1cncc(-c2cnc3[nH]nc(-c4nc5c(-c6ccccc6F)nccc5[nH]4)c3c2)c1. The molecule has 0 atom stereocenters. The lowest BCUT2D eigenvalue weighted by molar-refractivity contribution is -0.116. The third-order valence-electron chi connectivity index (χ3n) is 6.12. The summed E-state index contributed by atoms with van der Waals surface area (Å²) in [6.07, 6.45) is 7.11. The van der Waals surface area contributed by atoms with Crippen LogP contribution in [0.1, 0.15) is 20.3 Å². The van der Waals surface area contributed by atoms with E-state index in [0.717, 1.165) is 16.5 Å². The smallest absolute Gasteiger partial charge is 0.224 e. The number of nitrogens with one attached hydrogen (secondary N) is 3. The van der Waals surface area contributed by atoms with Gasteiger partial charge in [0.05, 0.1) is 22.8 Å². The molecule has 5 aromatic heterocycles. The number of amides is 1. The second-order valence-corrected chi connectivity index (χ2v) is 9.42. The van der Waals surface area contributed by atoms with Gasteiger partial charge in [-0.3, -0.25) is 19.9 Å². The first kappa shape index (κ1) is 23.4. The van der Waals surface area contributed by atoms with E-state index in [1.807, 2.05) is 26.0 Å². The van der Waals surface area contributed by atoms with Gasteiger partial charge in [0.15, 0.2) is 11.5 Å². The molecule has 0 saturated heterocycles. The van der Waals surface area contributed by atoms with Gasteiger partial charge in [-0.05, 0) is 36.2 Å². The van der Waals surface area contributed by atoms with Crippen molar-refractivity contribution in [3.8, 4) is 33.9 Å². The highest BCUT2D eigenvalue weighted by Crippen LogP contribution is 2.32. The number of carbonyl (C=O) groups is 1. The molecule has 3 N–H and O–H groups in total. The number of hydrogen-bond donors (Lipinski definition) is 3. The number of pyridine rings is 3. The molecule has 0 radical (unpaired) electrons. The van der Waals surface area contributed by atoms with E-state index < -0.39 is 0 Å². The van der Waals surface area contributed by atoms with E-state index in [1.165, 1.54) is 6.07 Å². The van der Waals surface area contributed by atoms with E-state index in [1.54, 1.807) is 49.1 Å². The van der Waals surface area contributed by atoms with Gasteiger partial charge in [-0.15, -0.1) is 0 Å². The van der Waals surface area contributed by atoms with Crippen LogP contribution in [0.5, 0.6) is 0 Å². The molecular weight excluding hydrogens is 483 g/mol. The lowest BCUT2D eigenvalue weighted by atomic mass is 10.1. The number of nitrogens with zero attached hydrogens (tertiary/aromatic N) is 5. The minimum absolute atomic E-state index is 0.0567. The summed E-state index contributed by atoms with van der Waals surface area (Å²) in [5, 5.41) is 11.1. The van der Waals surface area contributed by atoms with Crippen molar-refractivity contribution >= 4 is 33.7 Å². The lowest BCUT2D eigenvalue weighted by Crippen LogP contribution is -2.13. The number of imidazole rings is 1. The summed E-state index contributed by atoms with van der Waals surface area (Å²) in [5.41, 5.74) is 5.45. The Bertz CT molecular complexity index is 1810. The molecule has 1 aromatic carbocycles. The number of fused-ring (bicyclic) bond motifs is 2. The van der Waals surface area contributed by atoms with Gasteiger partial charge in [-0.2, -0.15) is 5.10 Å². The zero-order chi connectivity index (χ0) is 26.2. The number of anilines is 1. The fraction of sp³-hybridized carbons (Fsp3) is 0.143. The van der Waals surface area contributed by atoms with E-state index in [-0.39, 0.29) is 17.6 Å². The molecule has 0 aliphatic carbocycles. The Balaban J connectivity index is 1.39. The van der Waals surface area contributed by atoms with Crippen molar-refractivity contribution in [1.29, 1.82) is 0 Å². The molecule has 0 fully saturated rings. The maximum Gasteiger partial charge on any atom is 0.224 e. The molecule has 5 heterocycles. The van der Waals surface area contributed by atoms with Gasteiger partial charge in [-0.25, -0.2) is 14.4 Å². The van der Waals surface area contributed by atoms with Crippen molar-refractivity contribution in [2.45, 2.75) is 20.3 Å². The molecule has 6 rings (SSSR count). The van der Waals surface area contributed by atoms with E-state index in [9.17, 15) is 9.18 Å². The highest BCUT2D eigenvalue weighted by Gasteiger charge is 2.18. The Labute approximate surface area is 216 Å². The maximum absolute atomic E-state index is 14.5. The van der Waals surface area contributed by atoms with E-state index in [0.29, 0.717) is 51.6 Å². The number of aromatic amines is 2. The van der Waals surface area contributed by atoms with E-state index >= 15 is 0 Å². The number of benzene rings is 1. The summed E-state index contributed by atoms with van der Waals surface area (Å²) in [6.45, 7) is 3.99. The van der Waals surface area contributed by atoms with Gasteiger partial charge in [0.2, 0.25) is 5.91 Å². The van der Waals surface area contributed by atoms with Gasteiger partial charge >= 0.3 is 0 Å². The van der Waals surface area contributed by atoms with Crippen LogP contribution in [-0.4, -0.2) is 41.0 Å². The number of halogens is 1. The Morgan fingerprint density at radius 2 is 1.87 bits per heavy atom. The van der Waals surface area contributed by atoms with E-state index in [4.69, 9.17) is 4.98 Å². The summed E-state index contributed by atoms with van der Waals surface area (Å²) >= 11 is 0. The minimum Gasteiger partial charge on any atom is -0.336 e. The van der Waals surface area contributed by atoms with Crippen LogP contribution in [-0.2, 0) is 4.79 Å². The fourth-order valence-corrected chi connectivity index (χ4v) is 4.39. The zero-order valence-electron chi connectivity index (χ0n) is 20.7. The number of aromatic nitrogens is 7. The largest absolute Gasteiger partial charge is 0.336 e. The molecule has 9 nitrogen and oxygen atoms in total. The van der Waals surface area contributed by atoms with Crippen LogP contribution < -0.4 is 5.32 Å². The fourth-order valence-electron chi connectivity index (χ4n) is 4.39. The van der Waals surface area contributed by atoms with Crippen LogP contribution in [0.4, 0.5) is 10.1 Å². The predicted molar refractivity (Wildman–Crippen MR) is 143 cm³/mol. The van der Waals surface area contributed by atoms with Gasteiger partial charge < -0.3 is 10.3 Å². The summed E-state index contributed by atoms with van der Waals surface area (Å²) in [7, 11) is 0. The third kappa shape index (κ3) is 4.36. The summed E-state index contributed by atoms with van der Waals surface area (Å²) < 4.78 is 14.5. The van der Waals surface area contributed by atoms with Crippen molar-refractivity contribution in [2.75, 3.05) is 5.32 Å². The highest BCUT2D eigenvalue weighted by molar-refractivity contribution is 5.96. The molecule has 6 aromatic rings. The lowest BCUT2D eigenvalue weighted by Gasteiger charge is -2.08. The first-order chi connectivity index (χ1) is 18.5. The quantitative estimate of drug-likeness (QED) is 0.264. The van der Waals surface area contributed by atoms with Crippen LogP contribution in [0.15, 0.2) is 67.3 Å². The average Bonchev–Trinajstić information content (AvgIpc) is 3.52. The minimum atomic E-state index is -0.368. The Morgan fingerprint density at radius 1 is 1.03 bits per heavy atom. The molecule has 0 spiro atoms. The number of carbonyl (C=O) groups excluding carboxylic acids is 1. The Morgan fingerprint density at radius 3 is 2.71 bits per heavy atom. The van der Waals surface area contributed by atoms with Crippen LogP contribution in [0.25, 0.3) is 56.0 Å². The van der Waals surface area contributed by atoms with Crippen molar-refractivity contribution < 1.29 is 9.18 Å². The average molecular weight is 507 g/mol. The highest BCUT2D eigenvalue weighted by atomic mass is 19.1. The normalized spacial score (nSPS) is 11.5. The molecule has 1 amide bonds. The van der Waals surface area contributed by atoms with Gasteiger partial charge in [-0.1, -0.05) is 26.0 Å². The second kappa shape index (κ2) is 9.47. The molecule has 10 heteroatoms. The first-order valence-electron chi connectivity index (χ1n) is 12.2. The molecule has 0 bridgehead atoms. The topological polar surface area (TPSA) is 125 Å². The van der Waals surface area contributed by atoms with Crippen LogP contribution in [0.2, 0.25) is 0 Å². The van der Waals surface area contributed by atoms with Crippen LogP contribution in [0.3, 0.4) is 0 Å². The third-order valence-corrected chi connectivity index (χ3v) is 6.12. The van der Waals surface area contributed by atoms with E-state index in [2.05, 4.69) is 35.5 Å². The predicted octanol–water partition coefficient (Wildman–Crippen LogP) is 5.75. The zero-order valence-corrected chi connectivity index (χ0v) is 20.7. The van der Waals surface area contributed by atoms with Gasteiger partial charge in [0.25, 0.3) is 0 Å². The molecule has 0 unspecified atom stereocenters. The van der Waals surface area contributed by atoms with Crippen molar-refractivity contribution in [3.05, 3.63) is 73.1 Å². The van der Waals surface area contributed by atoms with Crippen LogP contribution >= 0.6 is 0 Å². The maximum atomic E-state index is 14.5. The first-order valence-corrected chi connectivity index (χ1v) is 12.2. The molecule has 0 aliphatic rings. The molecular formula is C28H23FN8O. The van der Waals surface area contributed by atoms with Crippen molar-refractivity contribution in [1.82, 2.24) is 35.1 Å².